The molecule has 0 fully saturated rings. The molecule has 0 saturated carbocycles. The van der Waals surface area contributed by atoms with Crippen LogP contribution in [-0.4, -0.2) is 30.5 Å². The van der Waals surface area contributed by atoms with Crippen molar-refractivity contribution in [1.29, 1.82) is 0 Å². The largest absolute Gasteiger partial charge is 0.454 e. The zero-order valence-electron chi connectivity index (χ0n) is 14.6. The van der Waals surface area contributed by atoms with Crippen molar-refractivity contribution in [2.45, 2.75) is 24.5 Å². The molecule has 1 heterocycles. The van der Waals surface area contributed by atoms with E-state index in [1.807, 2.05) is 6.07 Å². The van der Waals surface area contributed by atoms with Crippen molar-refractivity contribution in [3.63, 3.8) is 0 Å². The Morgan fingerprint density at radius 1 is 1.22 bits per heavy atom. The van der Waals surface area contributed by atoms with Crippen LogP contribution in [0.15, 0.2) is 47.4 Å². The van der Waals surface area contributed by atoms with Crippen LogP contribution in [0, 0.1) is 5.82 Å². The number of fused-ring (bicyclic) bond motifs is 1. The molecular formula is C19H18FNO5S. The summed E-state index contributed by atoms with van der Waals surface area (Å²) in [6.45, 7) is 1.94. The van der Waals surface area contributed by atoms with Gasteiger partial charge in [-0.15, -0.1) is 11.8 Å². The van der Waals surface area contributed by atoms with E-state index < -0.39 is 23.8 Å². The minimum atomic E-state index is -0.951. The summed E-state index contributed by atoms with van der Waals surface area (Å²) in [7, 11) is 0. The number of rotatable bonds is 7. The Balaban J connectivity index is 1.43. The van der Waals surface area contributed by atoms with Crippen molar-refractivity contribution in [2.24, 2.45) is 0 Å². The SMILES string of the molecule is C[C@H](OC(=O)CSc1ccccc1F)C(=O)NCc1ccc2c(c1)OCO2. The molecule has 0 radical (unpaired) electrons. The van der Waals surface area contributed by atoms with E-state index in [-0.39, 0.29) is 19.1 Å². The number of ether oxygens (including phenoxy) is 3. The fraction of sp³-hybridized carbons (Fsp3) is 0.263. The molecule has 0 saturated heterocycles. The Hall–Kier alpha value is -2.74. The summed E-state index contributed by atoms with van der Waals surface area (Å²) in [6.07, 6.45) is -0.951. The van der Waals surface area contributed by atoms with Crippen LogP contribution >= 0.6 is 11.8 Å². The van der Waals surface area contributed by atoms with E-state index in [0.29, 0.717) is 16.4 Å². The zero-order valence-corrected chi connectivity index (χ0v) is 15.4. The molecule has 0 spiro atoms. The summed E-state index contributed by atoms with van der Waals surface area (Å²) in [5, 5.41) is 2.70. The van der Waals surface area contributed by atoms with Gasteiger partial charge in [0.1, 0.15) is 5.82 Å². The van der Waals surface area contributed by atoms with Gasteiger partial charge in [0.15, 0.2) is 17.6 Å². The second-order valence-electron chi connectivity index (χ2n) is 5.76. The number of esters is 1. The van der Waals surface area contributed by atoms with Gasteiger partial charge < -0.3 is 19.5 Å². The molecule has 3 rings (SSSR count). The lowest BCUT2D eigenvalue weighted by Crippen LogP contribution is -2.35. The molecule has 27 heavy (non-hydrogen) atoms. The van der Waals surface area contributed by atoms with Gasteiger partial charge in [0, 0.05) is 11.4 Å². The Bertz CT molecular complexity index is 845. The summed E-state index contributed by atoms with van der Waals surface area (Å²) in [5.74, 6) is -0.192. The highest BCUT2D eigenvalue weighted by Gasteiger charge is 2.19. The molecule has 1 amide bonds. The summed E-state index contributed by atoms with van der Waals surface area (Å²) < 4.78 is 29.1. The summed E-state index contributed by atoms with van der Waals surface area (Å²) in [4.78, 5) is 24.3. The molecule has 8 heteroatoms. The molecule has 1 N–H and O–H groups in total. The number of amides is 1. The molecule has 142 valence electrons. The number of hydrogen-bond donors (Lipinski definition) is 1. The molecule has 0 bridgehead atoms. The van der Waals surface area contributed by atoms with Gasteiger partial charge in [-0.05, 0) is 36.8 Å². The molecule has 6 nitrogen and oxygen atoms in total. The predicted octanol–water partition coefficient (Wildman–Crippen LogP) is 2.89. The van der Waals surface area contributed by atoms with Crippen molar-refractivity contribution in [1.82, 2.24) is 5.32 Å². The van der Waals surface area contributed by atoms with Crippen LogP contribution in [0.4, 0.5) is 4.39 Å². The average Bonchev–Trinajstić information content (AvgIpc) is 3.13. The number of thioether (sulfide) groups is 1. The first-order chi connectivity index (χ1) is 13.0. The molecule has 1 aliphatic rings. The van der Waals surface area contributed by atoms with E-state index in [1.54, 1.807) is 30.3 Å². The minimum Gasteiger partial charge on any atom is -0.454 e. The summed E-state index contributed by atoms with van der Waals surface area (Å²) in [5.41, 5.74) is 0.834. The number of carbonyl (C=O) groups is 2. The Morgan fingerprint density at radius 2 is 2.00 bits per heavy atom. The maximum atomic E-state index is 13.5. The number of benzene rings is 2. The fourth-order valence-corrected chi connectivity index (χ4v) is 3.09. The topological polar surface area (TPSA) is 73.9 Å². The minimum absolute atomic E-state index is 0.0826. The molecule has 2 aromatic carbocycles. The Morgan fingerprint density at radius 3 is 2.81 bits per heavy atom. The maximum absolute atomic E-state index is 13.5. The van der Waals surface area contributed by atoms with Gasteiger partial charge in [-0.25, -0.2) is 4.39 Å². The van der Waals surface area contributed by atoms with E-state index in [0.717, 1.165) is 17.3 Å². The van der Waals surface area contributed by atoms with Crippen LogP contribution in [0.3, 0.4) is 0 Å². The van der Waals surface area contributed by atoms with Gasteiger partial charge in [0.05, 0.1) is 5.75 Å². The molecule has 0 unspecified atom stereocenters. The van der Waals surface area contributed by atoms with Crippen molar-refractivity contribution < 1.29 is 28.2 Å². The second kappa shape index (κ2) is 8.77. The van der Waals surface area contributed by atoms with Crippen LogP contribution in [0.1, 0.15) is 12.5 Å². The molecule has 1 atom stereocenters. The first kappa shape index (κ1) is 19.0. The number of nitrogens with one attached hydrogen (secondary N) is 1. The van der Waals surface area contributed by atoms with E-state index >= 15 is 0 Å². The molecular weight excluding hydrogens is 373 g/mol. The summed E-state index contributed by atoms with van der Waals surface area (Å²) in [6, 6.07) is 11.5. The fourth-order valence-electron chi connectivity index (χ4n) is 2.37. The number of halogens is 1. The maximum Gasteiger partial charge on any atom is 0.317 e. The van der Waals surface area contributed by atoms with E-state index in [4.69, 9.17) is 14.2 Å². The van der Waals surface area contributed by atoms with Crippen LogP contribution in [0.2, 0.25) is 0 Å². The average molecular weight is 391 g/mol. The van der Waals surface area contributed by atoms with Crippen LogP contribution in [-0.2, 0) is 20.9 Å². The van der Waals surface area contributed by atoms with Crippen molar-refractivity contribution >= 4 is 23.6 Å². The van der Waals surface area contributed by atoms with E-state index in [1.165, 1.54) is 13.0 Å². The van der Waals surface area contributed by atoms with Gasteiger partial charge in [-0.1, -0.05) is 18.2 Å². The summed E-state index contributed by atoms with van der Waals surface area (Å²) >= 11 is 1.02. The zero-order chi connectivity index (χ0) is 19.2. The first-order valence-electron chi connectivity index (χ1n) is 8.26. The van der Waals surface area contributed by atoms with Gasteiger partial charge >= 0.3 is 5.97 Å². The second-order valence-corrected chi connectivity index (χ2v) is 6.77. The van der Waals surface area contributed by atoms with Gasteiger partial charge in [0.2, 0.25) is 6.79 Å². The van der Waals surface area contributed by atoms with Crippen molar-refractivity contribution in [2.75, 3.05) is 12.5 Å². The van der Waals surface area contributed by atoms with Crippen molar-refractivity contribution in [3.8, 4) is 11.5 Å². The van der Waals surface area contributed by atoms with Gasteiger partial charge in [-0.2, -0.15) is 0 Å². The van der Waals surface area contributed by atoms with Crippen LogP contribution < -0.4 is 14.8 Å². The predicted molar refractivity (Wildman–Crippen MR) is 97.1 cm³/mol. The first-order valence-corrected chi connectivity index (χ1v) is 9.24. The Labute approximate surface area is 160 Å². The third-order valence-electron chi connectivity index (χ3n) is 3.76. The normalized spacial score (nSPS) is 13.1. The molecule has 1 aliphatic heterocycles. The van der Waals surface area contributed by atoms with Gasteiger partial charge in [-0.3, -0.25) is 9.59 Å². The van der Waals surface area contributed by atoms with Gasteiger partial charge in [0.25, 0.3) is 5.91 Å². The molecule has 0 aromatic heterocycles. The standard InChI is InChI=1S/C19H18FNO5S/c1-12(26-18(22)10-27-17-5-3-2-4-14(17)20)19(23)21-9-13-6-7-15-16(8-13)25-11-24-15/h2-8,12H,9-11H2,1H3,(H,21,23)/t12-/m0/s1. The number of hydrogen-bond acceptors (Lipinski definition) is 6. The molecule has 2 aromatic rings. The van der Waals surface area contributed by atoms with E-state index in [9.17, 15) is 14.0 Å². The van der Waals surface area contributed by atoms with E-state index in [2.05, 4.69) is 5.32 Å². The smallest absolute Gasteiger partial charge is 0.317 e. The quantitative estimate of drug-likeness (QED) is 0.578. The monoisotopic (exact) mass is 391 g/mol. The third kappa shape index (κ3) is 5.13. The lowest BCUT2D eigenvalue weighted by atomic mass is 10.2. The third-order valence-corrected chi connectivity index (χ3v) is 4.79. The highest BCUT2D eigenvalue weighted by molar-refractivity contribution is 8.00. The Kier molecular flexibility index (Phi) is 6.18. The lowest BCUT2D eigenvalue weighted by molar-refractivity contribution is -0.152. The molecule has 0 aliphatic carbocycles. The van der Waals surface area contributed by atoms with Crippen LogP contribution in [0.5, 0.6) is 11.5 Å². The highest BCUT2D eigenvalue weighted by Crippen LogP contribution is 2.32. The lowest BCUT2D eigenvalue weighted by Gasteiger charge is -2.13. The highest BCUT2D eigenvalue weighted by atomic mass is 32.2. The number of carbonyl (C=O) groups excluding carboxylic acids is 2. The van der Waals surface area contributed by atoms with Crippen LogP contribution in [0.25, 0.3) is 0 Å². The van der Waals surface area contributed by atoms with Crippen molar-refractivity contribution in [3.05, 3.63) is 53.8 Å².